The van der Waals surface area contributed by atoms with Crippen molar-refractivity contribution in [1.29, 1.82) is 0 Å². The highest BCUT2D eigenvalue weighted by atomic mass is 16.5. The number of guanidine groups is 1. The van der Waals surface area contributed by atoms with Gasteiger partial charge in [-0.1, -0.05) is 0 Å². The summed E-state index contributed by atoms with van der Waals surface area (Å²) < 4.78 is 10.6. The summed E-state index contributed by atoms with van der Waals surface area (Å²) in [7, 11) is 4.87. The Hall–Kier alpha value is -3.56. The number of piperazine rings is 1. The van der Waals surface area contributed by atoms with Crippen LogP contribution in [0.5, 0.6) is 11.5 Å². The number of ether oxygens (including phenoxy) is 2. The van der Waals surface area contributed by atoms with E-state index in [4.69, 9.17) is 9.47 Å². The van der Waals surface area contributed by atoms with Crippen molar-refractivity contribution in [2.24, 2.45) is 4.99 Å². The van der Waals surface area contributed by atoms with Crippen LogP contribution < -0.4 is 25.0 Å². The second-order valence-electron chi connectivity index (χ2n) is 6.86. The minimum Gasteiger partial charge on any atom is -0.493 e. The van der Waals surface area contributed by atoms with Gasteiger partial charge in [0.1, 0.15) is 0 Å². The van der Waals surface area contributed by atoms with Crippen LogP contribution in [0.15, 0.2) is 41.7 Å². The zero-order chi connectivity index (χ0) is 22.1. The van der Waals surface area contributed by atoms with Gasteiger partial charge in [0.15, 0.2) is 17.5 Å². The highest BCUT2D eigenvalue weighted by Gasteiger charge is 2.22. The van der Waals surface area contributed by atoms with Crippen LogP contribution in [0.2, 0.25) is 0 Å². The summed E-state index contributed by atoms with van der Waals surface area (Å²) >= 11 is 0. The molecule has 2 N–H and O–H groups in total. The summed E-state index contributed by atoms with van der Waals surface area (Å²) in [4.78, 5) is 29.3. The topological polar surface area (TPSA) is 104 Å². The van der Waals surface area contributed by atoms with E-state index in [1.807, 2.05) is 23.1 Å². The summed E-state index contributed by atoms with van der Waals surface area (Å²) in [6.45, 7) is 3.26. The second kappa shape index (κ2) is 11.0. The third-order valence-electron chi connectivity index (χ3n) is 4.97. The number of nitrogens with zero attached hydrogens (tertiary/aromatic N) is 5. The number of amides is 1. The van der Waals surface area contributed by atoms with Crippen molar-refractivity contribution < 1.29 is 14.3 Å². The SMILES string of the molecule is CN=C(NCCC(=O)N1CCN(c2ncccn2)CC1)Nc1ccc(OC)c(OC)c1. The third-order valence-corrected chi connectivity index (χ3v) is 4.97. The van der Waals surface area contributed by atoms with Crippen molar-refractivity contribution in [2.75, 3.05) is 64.2 Å². The molecule has 1 aromatic heterocycles. The quantitative estimate of drug-likeness (QED) is 0.502. The number of hydrogen-bond donors (Lipinski definition) is 2. The molecule has 1 saturated heterocycles. The minimum absolute atomic E-state index is 0.114. The molecular formula is C21H29N7O3. The van der Waals surface area contributed by atoms with Crippen LogP contribution in [-0.2, 0) is 4.79 Å². The maximum Gasteiger partial charge on any atom is 0.225 e. The molecule has 1 aliphatic heterocycles. The molecule has 1 aromatic carbocycles. The van der Waals surface area contributed by atoms with Crippen LogP contribution >= 0.6 is 0 Å². The maximum absolute atomic E-state index is 12.6. The van der Waals surface area contributed by atoms with E-state index in [0.717, 1.165) is 18.8 Å². The first-order valence-electron chi connectivity index (χ1n) is 10.1. The smallest absolute Gasteiger partial charge is 0.225 e. The standard InChI is InChI=1S/C21H29N7O3/c1-22-20(26-16-5-6-17(30-2)18(15-16)31-3)23-10-7-19(29)27-11-13-28(14-12-27)21-24-8-4-9-25-21/h4-6,8-9,15H,7,10-14H2,1-3H3,(H2,22,23,26). The van der Waals surface area contributed by atoms with Gasteiger partial charge in [0.2, 0.25) is 11.9 Å². The zero-order valence-corrected chi connectivity index (χ0v) is 18.2. The molecule has 31 heavy (non-hydrogen) atoms. The number of hydrogen-bond acceptors (Lipinski definition) is 7. The van der Waals surface area contributed by atoms with Crippen molar-refractivity contribution >= 4 is 23.5 Å². The lowest BCUT2D eigenvalue weighted by Gasteiger charge is -2.34. The predicted octanol–water partition coefficient (Wildman–Crippen LogP) is 1.22. The van der Waals surface area contributed by atoms with Gasteiger partial charge in [0.25, 0.3) is 0 Å². The molecule has 0 atom stereocenters. The molecule has 0 spiro atoms. The van der Waals surface area contributed by atoms with Crippen molar-refractivity contribution in [3.8, 4) is 11.5 Å². The van der Waals surface area contributed by atoms with E-state index in [9.17, 15) is 4.79 Å². The van der Waals surface area contributed by atoms with Crippen molar-refractivity contribution in [3.63, 3.8) is 0 Å². The number of aliphatic imine (C=N–C) groups is 1. The van der Waals surface area contributed by atoms with Crippen LogP contribution in [0.25, 0.3) is 0 Å². The third kappa shape index (κ3) is 5.97. The Balaban J connectivity index is 1.43. The molecule has 3 rings (SSSR count). The van der Waals surface area contributed by atoms with Gasteiger partial charge in [-0.15, -0.1) is 0 Å². The normalized spacial score (nSPS) is 14.2. The number of aromatic nitrogens is 2. The first kappa shape index (κ1) is 22.1. The number of benzene rings is 1. The number of anilines is 2. The van der Waals surface area contributed by atoms with Crippen molar-refractivity contribution in [2.45, 2.75) is 6.42 Å². The van der Waals surface area contributed by atoms with E-state index in [1.54, 1.807) is 39.7 Å². The summed E-state index contributed by atoms with van der Waals surface area (Å²) in [5.74, 6) is 2.67. The predicted molar refractivity (Wildman–Crippen MR) is 120 cm³/mol. The zero-order valence-electron chi connectivity index (χ0n) is 18.2. The number of nitrogens with one attached hydrogen (secondary N) is 2. The highest BCUT2D eigenvalue weighted by molar-refractivity contribution is 5.94. The van der Waals surface area contributed by atoms with Gasteiger partial charge in [-0.2, -0.15) is 0 Å². The fourth-order valence-electron chi connectivity index (χ4n) is 3.29. The van der Waals surface area contributed by atoms with E-state index in [1.165, 1.54) is 0 Å². The monoisotopic (exact) mass is 427 g/mol. The number of methoxy groups -OCH3 is 2. The summed E-state index contributed by atoms with van der Waals surface area (Å²) in [5.41, 5.74) is 0.802. The molecule has 2 aromatic rings. The fourth-order valence-corrected chi connectivity index (χ4v) is 3.29. The number of carbonyl (C=O) groups is 1. The van der Waals surface area contributed by atoms with Crippen LogP contribution in [0.4, 0.5) is 11.6 Å². The van der Waals surface area contributed by atoms with Gasteiger partial charge < -0.3 is 29.9 Å². The minimum atomic E-state index is 0.114. The lowest BCUT2D eigenvalue weighted by Crippen LogP contribution is -2.49. The Morgan fingerprint density at radius 3 is 2.45 bits per heavy atom. The van der Waals surface area contributed by atoms with Gasteiger partial charge in [-0.25, -0.2) is 9.97 Å². The molecule has 0 bridgehead atoms. The van der Waals surface area contributed by atoms with E-state index < -0.39 is 0 Å². The lowest BCUT2D eigenvalue weighted by molar-refractivity contribution is -0.131. The number of carbonyl (C=O) groups excluding carboxylic acids is 1. The molecule has 10 heteroatoms. The Labute approximate surface area is 182 Å². The molecule has 2 heterocycles. The largest absolute Gasteiger partial charge is 0.493 e. The molecule has 0 radical (unpaired) electrons. The molecule has 1 fully saturated rings. The summed E-state index contributed by atoms with van der Waals surface area (Å²) in [5, 5.41) is 6.37. The van der Waals surface area contributed by atoms with Gasteiger partial charge in [-0.05, 0) is 18.2 Å². The average molecular weight is 428 g/mol. The first-order chi connectivity index (χ1) is 15.1. The Kier molecular flexibility index (Phi) is 7.85. The molecule has 0 aliphatic carbocycles. The molecule has 1 amide bonds. The van der Waals surface area contributed by atoms with Gasteiger partial charge in [-0.3, -0.25) is 9.79 Å². The molecule has 0 unspecified atom stereocenters. The van der Waals surface area contributed by atoms with Gasteiger partial charge >= 0.3 is 0 Å². The second-order valence-corrected chi connectivity index (χ2v) is 6.86. The summed E-state index contributed by atoms with van der Waals surface area (Å²) in [6.07, 6.45) is 3.84. The molecule has 0 saturated carbocycles. The van der Waals surface area contributed by atoms with E-state index in [2.05, 4.69) is 30.5 Å². The molecule has 166 valence electrons. The van der Waals surface area contributed by atoms with Gasteiger partial charge in [0.05, 0.1) is 14.2 Å². The van der Waals surface area contributed by atoms with Crippen LogP contribution in [0.1, 0.15) is 6.42 Å². The molecule has 1 aliphatic rings. The van der Waals surface area contributed by atoms with Crippen LogP contribution in [-0.4, -0.2) is 80.7 Å². The van der Waals surface area contributed by atoms with Crippen LogP contribution in [0, 0.1) is 0 Å². The van der Waals surface area contributed by atoms with Crippen molar-refractivity contribution in [3.05, 3.63) is 36.7 Å². The number of rotatable bonds is 7. The van der Waals surface area contributed by atoms with Crippen molar-refractivity contribution in [1.82, 2.24) is 20.2 Å². The van der Waals surface area contributed by atoms with E-state index in [0.29, 0.717) is 49.5 Å². The Morgan fingerprint density at radius 2 is 1.81 bits per heavy atom. The maximum atomic E-state index is 12.6. The Morgan fingerprint density at radius 1 is 1.10 bits per heavy atom. The van der Waals surface area contributed by atoms with Gasteiger partial charge in [0, 0.05) is 70.3 Å². The first-order valence-corrected chi connectivity index (χ1v) is 10.1. The van der Waals surface area contributed by atoms with E-state index >= 15 is 0 Å². The van der Waals surface area contributed by atoms with E-state index in [-0.39, 0.29) is 5.91 Å². The average Bonchev–Trinajstić information content (AvgIpc) is 2.83. The molecular weight excluding hydrogens is 398 g/mol. The highest BCUT2D eigenvalue weighted by Crippen LogP contribution is 2.29. The summed E-state index contributed by atoms with van der Waals surface area (Å²) in [6, 6.07) is 7.31. The molecule has 10 nitrogen and oxygen atoms in total. The lowest BCUT2D eigenvalue weighted by atomic mass is 10.2. The fraction of sp³-hybridized carbons (Fsp3) is 0.429. The van der Waals surface area contributed by atoms with Crippen LogP contribution in [0.3, 0.4) is 0 Å². The Bertz CT molecular complexity index is 884.